The normalized spacial score (nSPS) is 14.8. The average Bonchev–Trinajstić information content (AvgIpc) is 3.25. The van der Waals surface area contributed by atoms with Crippen molar-refractivity contribution >= 4 is 18.0 Å². The zero-order valence-corrected chi connectivity index (χ0v) is 23.2. The second-order valence-corrected chi connectivity index (χ2v) is 11.1. The summed E-state index contributed by atoms with van der Waals surface area (Å²) in [6.07, 6.45) is -1.58. The number of rotatable bonds is 10. The third-order valence-corrected chi connectivity index (χ3v) is 7.12. The first-order valence-electron chi connectivity index (χ1n) is 13.4. The van der Waals surface area contributed by atoms with Crippen LogP contribution < -0.4 is 10.6 Å². The van der Waals surface area contributed by atoms with Crippen molar-refractivity contribution in [2.24, 2.45) is 5.41 Å². The maximum Gasteiger partial charge on any atom is 0.407 e. The summed E-state index contributed by atoms with van der Waals surface area (Å²) in [4.78, 5) is 38.3. The van der Waals surface area contributed by atoms with E-state index in [2.05, 4.69) is 22.8 Å². The lowest BCUT2D eigenvalue weighted by atomic mass is 9.86. The summed E-state index contributed by atoms with van der Waals surface area (Å²) in [6, 6.07) is 23.0. The topological polar surface area (TPSA) is 114 Å². The number of hydrogen-bond acceptors (Lipinski definition) is 5. The molecular weight excluding hydrogens is 508 g/mol. The molecule has 0 saturated heterocycles. The molecular formula is C32H36N2O6. The number of nitrogens with one attached hydrogen (secondary N) is 2. The lowest BCUT2D eigenvalue weighted by Gasteiger charge is -2.32. The predicted molar refractivity (Wildman–Crippen MR) is 152 cm³/mol. The minimum atomic E-state index is -1.31. The van der Waals surface area contributed by atoms with E-state index in [-0.39, 0.29) is 19.1 Å². The largest absolute Gasteiger partial charge is 0.480 e. The first-order chi connectivity index (χ1) is 19.1. The van der Waals surface area contributed by atoms with Gasteiger partial charge in [0.25, 0.3) is 0 Å². The lowest BCUT2D eigenvalue weighted by Crippen LogP contribution is -2.58. The molecule has 3 N–H and O–H groups in total. The van der Waals surface area contributed by atoms with Crippen molar-refractivity contribution in [3.63, 3.8) is 0 Å². The van der Waals surface area contributed by atoms with Gasteiger partial charge in [0.2, 0.25) is 5.91 Å². The van der Waals surface area contributed by atoms with Crippen LogP contribution in [0.2, 0.25) is 0 Å². The van der Waals surface area contributed by atoms with E-state index in [1.165, 1.54) is 0 Å². The van der Waals surface area contributed by atoms with Gasteiger partial charge < -0.3 is 25.2 Å². The third-order valence-electron chi connectivity index (χ3n) is 7.12. The van der Waals surface area contributed by atoms with E-state index in [1.54, 1.807) is 27.7 Å². The van der Waals surface area contributed by atoms with Crippen molar-refractivity contribution in [2.75, 3.05) is 6.61 Å². The first-order valence-corrected chi connectivity index (χ1v) is 13.4. The Morgan fingerprint density at radius 2 is 1.40 bits per heavy atom. The van der Waals surface area contributed by atoms with E-state index in [0.29, 0.717) is 0 Å². The van der Waals surface area contributed by atoms with Crippen LogP contribution in [0.5, 0.6) is 0 Å². The van der Waals surface area contributed by atoms with Gasteiger partial charge in [-0.25, -0.2) is 9.59 Å². The van der Waals surface area contributed by atoms with Crippen molar-refractivity contribution < 1.29 is 29.0 Å². The molecule has 8 nitrogen and oxygen atoms in total. The minimum absolute atomic E-state index is 0.0977. The van der Waals surface area contributed by atoms with Gasteiger partial charge in [-0.2, -0.15) is 0 Å². The zero-order chi connectivity index (χ0) is 28.9. The summed E-state index contributed by atoms with van der Waals surface area (Å²) in [5.41, 5.74) is 4.54. The highest BCUT2D eigenvalue weighted by molar-refractivity contribution is 5.90. The van der Waals surface area contributed by atoms with E-state index in [0.717, 1.165) is 27.8 Å². The van der Waals surface area contributed by atoms with Crippen molar-refractivity contribution in [2.45, 2.75) is 58.4 Å². The molecule has 0 heterocycles. The Morgan fingerprint density at radius 1 is 0.850 bits per heavy atom. The SMILES string of the molecule is C[C@@H](OCc1ccccc1)[C@H](NC(=O)C(NC(=O)OCC1c2ccccc2-c2ccccc21)C(C)(C)C)C(=O)O. The van der Waals surface area contributed by atoms with Gasteiger partial charge >= 0.3 is 12.1 Å². The molecule has 210 valence electrons. The third kappa shape index (κ3) is 6.69. The number of ether oxygens (including phenoxy) is 2. The molecule has 40 heavy (non-hydrogen) atoms. The molecule has 2 amide bonds. The smallest absolute Gasteiger partial charge is 0.407 e. The second-order valence-electron chi connectivity index (χ2n) is 11.1. The number of alkyl carbamates (subject to hydrolysis) is 1. The monoisotopic (exact) mass is 544 g/mol. The molecule has 0 aromatic heterocycles. The van der Waals surface area contributed by atoms with E-state index >= 15 is 0 Å². The van der Waals surface area contributed by atoms with E-state index in [9.17, 15) is 19.5 Å². The summed E-state index contributed by atoms with van der Waals surface area (Å²) in [5, 5.41) is 15.0. The maximum atomic E-state index is 13.3. The predicted octanol–water partition coefficient (Wildman–Crippen LogP) is 5.11. The van der Waals surface area contributed by atoms with Gasteiger partial charge in [-0.15, -0.1) is 0 Å². The fraction of sp³-hybridized carbons (Fsp3) is 0.344. The van der Waals surface area contributed by atoms with Crippen LogP contribution in [0, 0.1) is 5.41 Å². The van der Waals surface area contributed by atoms with Gasteiger partial charge in [-0.3, -0.25) is 4.79 Å². The standard InChI is InChI=1S/C32H36N2O6/c1-20(39-18-21-12-6-5-7-13-21)27(30(36)37)33-29(35)28(32(2,3)4)34-31(38)40-19-26-24-16-10-8-14-22(24)23-15-9-11-17-25(23)26/h5-17,20,26-28H,18-19H2,1-4H3,(H,33,35)(H,34,38)(H,36,37)/t20-,27+,28?/m1/s1. The number of carbonyl (C=O) groups excluding carboxylic acids is 2. The van der Waals surface area contributed by atoms with Crippen LogP contribution in [-0.4, -0.2) is 47.9 Å². The average molecular weight is 545 g/mol. The molecule has 8 heteroatoms. The molecule has 1 aliphatic rings. The lowest BCUT2D eigenvalue weighted by molar-refractivity contribution is -0.147. The number of hydrogen-bond donors (Lipinski definition) is 3. The molecule has 0 aliphatic heterocycles. The molecule has 3 atom stereocenters. The van der Waals surface area contributed by atoms with Crippen LogP contribution in [0.3, 0.4) is 0 Å². The molecule has 3 aromatic carbocycles. The van der Waals surface area contributed by atoms with Gasteiger partial charge in [-0.05, 0) is 40.2 Å². The van der Waals surface area contributed by atoms with Crippen molar-refractivity contribution in [3.8, 4) is 11.1 Å². The zero-order valence-electron chi connectivity index (χ0n) is 23.2. The van der Waals surface area contributed by atoms with Gasteiger partial charge in [-0.1, -0.05) is 99.6 Å². The summed E-state index contributed by atoms with van der Waals surface area (Å²) in [5.74, 6) is -2.00. The van der Waals surface area contributed by atoms with Gasteiger partial charge in [0.05, 0.1) is 12.7 Å². The molecule has 0 radical (unpaired) electrons. The Bertz CT molecular complexity index is 1310. The molecule has 3 aromatic rings. The number of carboxylic acid groups (broad SMARTS) is 1. The van der Waals surface area contributed by atoms with Crippen LogP contribution >= 0.6 is 0 Å². The highest BCUT2D eigenvalue weighted by atomic mass is 16.5. The Hall–Kier alpha value is -4.17. The second kappa shape index (κ2) is 12.3. The number of amides is 2. The summed E-state index contributed by atoms with van der Waals surface area (Å²) < 4.78 is 11.4. The van der Waals surface area contributed by atoms with E-state index in [4.69, 9.17) is 9.47 Å². The Labute approximate surface area is 234 Å². The number of carboxylic acids is 1. The van der Waals surface area contributed by atoms with Crippen LogP contribution in [0.1, 0.15) is 50.3 Å². The highest BCUT2D eigenvalue weighted by Gasteiger charge is 2.37. The minimum Gasteiger partial charge on any atom is -0.480 e. The van der Waals surface area contributed by atoms with Crippen molar-refractivity contribution in [1.82, 2.24) is 10.6 Å². The quantitative estimate of drug-likeness (QED) is 0.327. The van der Waals surface area contributed by atoms with Gasteiger partial charge in [0.15, 0.2) is 6.04 Å². The van der Waals surface area contributed by atoms with E-state index in [1.807, 2.05) is 66.7 Å². The first kappa shape index (κ1) is 28.8. The van der Waals surface area contributed by atoms with E-state index < -0.39 is 41.6 Å². The summed E-state index contributed by atoms with van der Waals surface area (Å²) >= 11 is 0. The number of carbonyl (C=O) groups is 3. The summed E-state index contributed by atoms with van der Waals surface area (Å²) in [7, 11) is 0. The summed E-state index contributed by atoms with van der Waals surface area (Å²) in [6.45, 7) is 7.24. The fourth-order valence-corrected chi connectivity index (χ4v) is 4.95. The fourth-order valence-electron chi connectivity index (χ4n) is 4.95. The molecule has 0 bridgehead atoms. The molecule has 4 rings (SSSR count). The molecule has 0 fully saturated rings. The van der Waals surface area contributed by atoms with Crippen LogP contribution in [0.15, 0.2) is 78.9 Å². The van der Waals surface area contributed by atoms with Crippen LogP contribution in [0.4, 0.5) is 4.79 Å². The highest BCUT2D eigenvalue weighted by Crippen LogP contribution is 2.44. The number of aliphatic carboxylic acids is 1. The van der Waals surface area contributed by atoms with Crippen molar-refractivity contribution in [1.29, 1.82) is 0 Å². The molecule has 1 unspecified atom stereocenters. The van der Waals surface area contributed by atoms with Gasteiger partial charge in [0, 0.05) is 5.92 Å². The van der Waals surface area contributed by atoms with Crippen molar-refractivity contribution in [3.05, 3.63) is 95.6 Å². The molecule has 0 spiro atoms. The maximum absolute atomic E-state index is 13.3. The Kier molecular flexibility index (Phi) is 8.90. The molecule has 1 aliphatic carbocycles. The number of fused-ring (bicyclic) bond motifs is 3. The molecule has 0 saturated carbocycles. The van der Waals surface area contributed by atoms with Crippen LogP contribution in [-0.2, 0) is 25.7 Å². The number of benzene rings is 3. The van der Waals surface area contributed by atoms with Crippen LogP contribution in [0.25, 0.3) is 11.1 Å². The Morgan fingerprint density at radius 3 is 1.95 bits per heavy atom. The van der Waals surface area contributed by atoms with Gasteiger partial charge in [0.1, 0.15) is 12.6 Å². The Balaban J connectivity index is 1.40.